The third kappa shape index (κ3) is 3.21. The molecule has 0 amide bonds. The van der Waals surface area contributed by atoms with Crippen molar-refractivity contribution in [1.82, 2.24) is 19.3 Å². The van der Waals surface area contributed by atoms with Gasteiger partial charge in [-0.15, -0.1) is 0 Å². The van der Waals surface area contributed by atoms with E-state index in [9.17, 15) is 4.79 Å². The first-order valence-electron chi connectivity index (χ1n) is 7.14. The third-order valence-corrected chi connectivity index (χ3v) is 4.21. The van der Waals surface area contributed by atoms with Crippen LogP contribution in [0.1, 0.15) is 25.6 Å². The van der Waals surface area contributed by atoms with Crippen molar-refractivity contribution in [1.29, 1.82) is 0 Å². The Kier molecular flexibility index (Phi) is 4.14. The van der Waals surface area contributed by atoms with Gasteiger partial charge in [0.15, 0.2) is 5.82 Å². The Morgan fingerprint density at radius 2 is 2.48 bits per heavy atom. The highest BCUT2D eigenvalue weighted by Gasteiger charge is 2.23. The summed E-state index contributed by atoms with van der Waals surface area (Å²) in [6.07, 6.45) is 6.10. The van der Waals surface area contributed by atoms with Crippen molar-refractivity contribution < 1.29 is 0 Å². The molecule has 2 N–H and O–H groups in total. The van der Waals surface area contributed by atoms with Gasteiger partial charge in [0.05, 0.1) is 0 Å². The first-order valence-corrected chi connectivity index (χ1v) is 7.91. The van der Waals surface area contributed by atoms with Gasteiger partial charge in [-0.1, -0.05) is 6.92 Å². The number of aryl methyl sites for hydroxylation is 1. The molecule has 1 aliphatic heterocycles. The molecule has 112 valence electrons. The Bertz CT molecular complexity index is 654. The molecular formula is C13H18N6OS. The summed E-state index contributed by atoms with van der Waals surface area (Å²) in [5.41, 5.74) is -0.137. The summed E-state index contributed by atoms with van der Waals surface area (Å²) in [7, 11) is 0. The van der Waals surface area contributed by atoms with E-state index in [1.807, 2.05) is 11.8 Å². The van der Waals surface area contributed by atoms with E-state index in [1.165, 1.54) is 11.5 Å². The molecule has 1 saturated heterocycles. The van der Waals surface area contributed by atoms with Crippen LogP contribution < -0.4 is 15.8 Å². The van der Waals surface area contributed by atoms with Crippen LogP contribution in [0.3, 0.4) is 0 Å². The Morgan fingerprint density at radius 3 is 3.24 bits per heavy atom. The first kappa shape index (κ1) is 14.0. The second-order valence-electron chi connectivity index (χ2n) is 5.04. The second kappa shape index (κ2) is 6.21. The Balaban J connectivity index is 1.68. The molecule has 0 unspecified atom stereocenters. The fraction of sp³-hybridized carbons (Fsp3) is 0.538. The number of hydrogen-bond acceptors (Lipinski definition) is 7. The molecule has 0 radical (unpaired) electrons. The molecule has 0 spiro atoms. The molecule has 1 aliphatic rings. The van der Waals surface area contributed by atoms with E-state index >= 15 is 0 Å². The van der Waals surface area contributed by atoms with E-state index in [2.05, 4.69) is 24.6 Å². The zero-order valence-electron chi connectivity index (χ0n) is 11.9. The lowest BCUT2D eigenvalue weighted by Gasteiger charge is -2.33. The van der Waals surface area contributed by atoms with Gasteiger partial charge in [0.2, 0.25) is 5.13 Å². The summed E-state index contributed by atoms with van der Waals surface area (Å²) in [5, 5.41) is 4.27. The van der Waals surface area contributed by atoms with Gasteiger partial charge in [0, 0.05) is 49.5 Å². The Hall–Kier alpha value is -1.96. The van der Waals surface area contributed by atoms with Gasteiger partial charge in [-0.3, -0.25) is 4.79 Å². The summed E-state index contributed by atoms with van der Waals surface area (Å²) >= 11 is 1.39. The summed E-state index contributed by atoms with van der Waals surface area (Å²) in [4.78, 5) is 25.1. The number of piperidine rings is 1. The second-order valence-corrected chi connectivity index (χ2v) is 5.79. The van der Waals surface area contributed by atoms with Crippen LogP contribution in [0.25, 0.3) is 0 Å². The summed E-state index contributed by atoms with van der Waals surface area (Å²) < 4.78 is 4.28. The van der Waals surface area contributed by atoms with Gasteiger partial charge < -0.3 is 15.2 Å². The number of aromatic nitrogens is 4. The molecule has 2 aromatic rings. The van der Waals surface area contributed by atoms with E-state index in [0.717, 1.165) is 43.3 Å². The lowest BCUT2D eigenvalue weighted by molar-refractivity contribution is 0.525. The summed E-state index contributed by atoms with van der Waals surface area (Å²) in [5.74, 6) is 1.37. The fourth-order valence-electron chi connectivity index (χ4n) is 2.49. The van der Waals surface area contributed by atoms with Crippen molar-refractivity contribution in [3.8, 4) is 0 Å². The van der Waals surface area contributed by atoms with Crippen LogP contribution in [-0.4, -0.2) is 38.5 Å². The van der Waals surface area contributed by atoms with Gasteiger partial charge >= 0.3 is 0 Å². The molecule has 21 heavy (non-hydrogen) atoms. The molecular weight excluding hydrogens is 288 g/mol. The van der Waals surface area contributed by atoms with Crippen molar-refractivity contribution >= 4 is 22.5 Å². The van der Waals surface area contributed by atoms with Gasteiger partial charge in [0.25, 0.3) is 5.56 Å². The normalized spacial score (nSPS) is 18.7. The van der Waals surface area contributed by atoms with Crippen LogP contribution in [-0.2, 0) is 6.42 Å². The highest BCUT2D eigenvalue weighted by molar-refractivity contribution is 7.09. The van der Waals surface area contributed by atoms with Crippen molar-refractivity contribution in [2.45, 2.75) is 32.2 Å². The van der Waals surface area contributed by atoms with Gasteiger partial charge in [0.1, 0.15) is 5.82 Å². The topological polar surface area (TPSA) is 86.8 Å². The maximum Gasteiger partial charge on any atom is 0.290 e. The predicted molar refractivity (Wildman–Crippen MR) is 83.0 cm³/mol. The quantitative estimate of drug-likeness (QED) is 0.884. The molecule has 0 bridgehead atoms. The molecule has 0 saturated carbocycles. The molecule has 0 aliphatic carbocycles. The van der Waals surface area contributed by atoms with Crippen molar-refractivity contribution in [3.63, 3.8) is 0 Å². The average molecular weight is 306 g/mol. The highest BCUT2D eigenvalue weighted by Crippen LogP contribution is 2.19. The molecule has 0 aromatic carbocycles. The van der Waals surface area contributed by atoms with E-state index in [4.69, 9.17) is 0 Å². The molecule has 1 atom stereocenters. The summed E-state index contributed by atoms with van der Waals surface area (Å²) in [6.45, 7) is 3.65. The van der Waals surface area contributed by atoms with E-state index < -0.39 is 0 Å². The summed E-state index contributed by atoms with van der Waals surface area (Å²) in [6, 6.07) is 0.262. The van der Waals surface area contributed by atoms with Crippen LogP contribution in [0.15, 0.2) is 17.2 Å². The maximum atomic E-state index is 11.8. The zero-order chi connectivity index (χ0) is 14.7. The molecule has 1 fully saturated rings. The van der Waals surface area contributed by atoms with Gasteiger partial charge in [-0.2, -0.15) is 4.37 Å². The Labute approximate surface area is 126 Å². The third-order valence-electron chi connectivity index (χ3n) is 3.52. The van der Waals surface area contributed by atoms with E-state index in [0.29, 0.717) is 5.82 Å². The number of rotatable bonds is 4. The standard InChI is InChI=1S/C13H18N6OS/c1-2-10-17-13(21-18-10)16-9-4-3-7-19(8-9)11-12(20)15-6-5-14-11/h5-6,9H,2-4,7-8H2,1H3,(H,15,20)(H,16,17,18)/t9-/m1/s1. The maximum absolute atomic E-state index is 11.8. The Morgan fingerprint density at radius 1 is 1.57 bits per heavy atom. The van der Waals surface area contributed by atoms with E-state index in [1.54, 1.807) is 12.4 Å². The number of anilines is 2. The van der Waals surface area contributed by atoms with Crippen LogP contribution in [0, 0.1) is 0 Å². The van der Waals surface area contributed by atoms with E-state index in [-0.39, 0.29) is 11.6 Å². The van der Waals surface area contributed by atoms with Crippen LogP contribution in [0.4, 0.5) is 10.9 Å². The largest absolute Gasteiger partial charge is 0.356 e. The number of nitrogens with zero attached hydrogens (tertiary/aromatic N) is 4. The van der Waals surface area contributed by atoms with Crippen molar-refractivity contribution in [2.24, 2.45) is 0 Å². The SMILES string of the molecule is CCc1nsc(N[C@@H]2CCCN(c3ncc[nH]c3=O)C2)n1. The number of hydrogen-bond donors (Lipinski definition) is 2. The number of H-pyrrole nitrogens is 1. The van der Waals surface area contributed by atoms with Crippen molar-refractivity contribution in [3.05, 3.63) is 28.6 Å². The number of nitrogens with one attached hydrogen (secondary N) is 2. The minimum atomic E-state index is -0.137. The highest BCUT2D eigenvalue weighted by atomic mass is 32.1. The predicted octanol–water partition coefficient (Wildman–Crippen LogP) is 1.26. The van der Waals surface area contributed by atoms with Crippen LogP contribution >= 0.6 is 11.5 Å². The van der Waals surface area contributed by atoms with Gasteiger partial charge in [-0.05, 0) is 12.8 Å². The monoisotopic (exact) mass is 306 g/mol. The molecule has 3 heterocycles. The minimum absolute atomic E-state index is 0.137. The molecule has 7 nitrogen and oxygen atoms in total. The minimum Gasteiger partial charge on any atom is -0.356 e. The molecule has 3 rings (SSSR count). The average Bonchev–Trinajstić information content (AvgIpc) is 2.96. The fourth-order valence-corrected chi connectivity index (χ4v) is 3.21. The molecule has 2 aromatic heterocycles. The molecule has 8 heteroatoms. The zero-order valence-corrected chi connectivity index (χ0v) is 12.7. The van der Waals surface area contributed by atoms with Crippen molar-refractivity contribution in [2.75, 3.05) is 23.3 Å². The van der Waals surface area contributed by atoms with Crippen LogP contribution in [0.2, 0.25) is 0 Å². The first-order chi connectivity index (χ1) is 10.3. The van der Waals surface area contributed by atoms with Gasteiger partial charge in [-0.25, -0.2) is 9.97 Å². The lowest BCUT2D eigenvalue weighted by atomic mass is 10.1. The number of aromatic amines is 1. The van der Waals surface area contributed by atoms with Crippen LogP contribution in [0.5, 0.6) is 0 Å². The lowest BCUT2D eigenvalue weighted by Crippen LogP contribution is -2.44. The smallest absolute Gasteiger partial charge is 0.290 e.